The van der Waals surface area contributed by atoms with Gasteiger partial charge in [-0.25, -0.2) is 0 Å². The minimum absolute atomic E-state index is 0.148. The third-order valence-electron chi connectivity index (χ3n) is 7.15. The number of rotatable bonds is 12. The Kier molecular flexibility index (Phi) is 13.8. The standard InChI is InChI=1S/C26H24ClFOSi2.C6H14F6O2Si3/c27-21-30(22-28,23-13-5-1-6-14-23)29-31(24-15-7-2-8-16-24,25-17-9-3-10-18-25)26-19-11-4-12-20-26;1-16(2,3)14-17(4,6(10,11)12)13-15-5(7,8)9/h1-20H,21-22H2;15H2,1-4H3. The van der Waals surface area contributed by atoms with E-state index in [1.165, 1.54) is 19.6 Å². The average Bonchev–Trinajstić information content (AvgIpc) is 3.05. The van der Waals surface area contributed by atoms with Crippen LogP contribution in [0.25, 0.3) is 0 Å². The first-order valence-corrected chi connectivity index (χ1v) is 26.7. The molecule has 0 spiro atoms. The maximum absolute atomic E-state index is 15.0. The summed E-state index contributed by atoms with van der Waals surface area (Å²) in [6, 6.07) is 40.4. The summed E-state index contributed by atoms with van der Waals surface area (Å²) in [5.41, 5.74) is 0.148. The van der Waals surface area contributed by atoms with Crippen LogP contribution in [-0.4, -0.2) is 66.7 Å². The van der Waals surface area contributed by atoms with Crippen LogP contribution in [0.1, 0.15) is 0 Å². The third kappa shape index (κ3) is 10.3. The summed E-state index contributed by atoms with van der Waals surface area (Å²) in [6.07, 6.45) is -0.582. The molecule has 48 heavy (non-hydrogen) atoms. The van der Waals surface area contributed by atoms with Gasteiger partial charge >= 0.3 is 20.2 Å². The summed E-state index contributed by atoms with van der Waals surface area (Å²) in [4.78, 5) is 0. The van der Waals surface area contributed by atoms with E-state index in [0.29, 0.717) is 6.55 Å². The highest BCUT2D eigenvalue weighted by atomic mass is 35.5. The van der Waals surface area contributed by atoms with E-state index in [9.17, 15) is 30.7 Å². The van der Waals surface area contributed by atoms with Crippen LogP contribution in [0.5, 0.6) is 0 Å². The second kappa shape index (κ2) is 16.6. The van der Waals surface area contributed by atoms with E-state index >= 15 is 0 Å². The Hall–Kier alpha value is -2.36. The lowest BCUT2D eigenvalue weighted by Gasteiger charge is -2.41. The second-order valence-corrected chi connectivity index (χ2v) is 29.6. The van der Waals surface area contributed by atoms with Crippen LogP contribution in [-0.2, 0) is 12.3 Å². The molecule has 0 amide bonds. The monoisotopic (exact) mass is 778 g/mol. The largest absolute Gasteiger partial charge is 0.440 e. The van der Waals surface area contributed by atoms with Crippen LogP contribution in [0, 0.1) is 0 Å². The van der Waals surface area contributed by atoms with Gasteiger partial charge in [-0.15, -0.1) is 11.6 Å². The molecule has 0 radical (unpaired) electrons. The van der Waals surface area contributed by atoms with Crippen LogP contribution < -0.4 is 20.7 Å². The average molecular weight is 780 g/mol. The molecule has 0 heterocycles. The van der Waals surface area contributed by atoms with E-state index in [1.807, 2.05) is 84.9 Å². The minimum Gasteiger partial charge on any atom is -0.440 e. The molecular formula is C32H38ClF7O3Si5. The summed E-state index contributed by atoms with van der Waals surface area (Å²) >= 11 is 6.55. The summed E-state index contributed by atoms with van der Waals surface area (Å²) in [6.45, 7) is 5.05. The van der Waals surface area contributed by atoms with Gasteiger partial charge in [0.25, 0.3) is 26.4 Å². The molecule has 0 saturated carbocycles. The molecule has 0 N–H and O–H groups in total. The molecule has 4 aromatic rings. The molecule has 0 saturated heterocycles. The number of halogens is 8. The normalized spacial score (nSPS) is 15.3. The zero-order chi connectivity index (χ0) is 35.7. The molecule has 16 heteroatoms. The van der Waals surface area contributed by atoms with E-state index < -0.39 is 61.2 Å². The van der Waals surface area contributed by atoms with Crippen molar-refractivity contribution in [3.8, 4) is 0 Å². The van der Waals surface area contributed by atoms with Crippen LogP contribution in [0.2, 0.25) is 26.2 Å². The molecule has 2 atom stereocenters. The minimum atomic E-state index is -4.86. The quantitative estimate of drug-likeness (QED) is 0.0718. The fraction of sp³-hybridized carbons (Fsp3) is 0.250. The molecule has 0 aliphatic rings. The van der Waals surface area contributed by atoms with Gasteiger partial charge in [0.2, 0.25) is 0 Å². The molecule has 4 rings (SSSR count). The maximum atomic E-state index is 15.0. The Morgan fingerprint density at radius 1 is 0.583 bits per heavy atom. The lowest BCUT2D eigenvalue weighted by atomic mass is 10.3. The maximum Gasteiger partial charge on any atom is 0.434 e. The van der Waals surface area contributed by atoms with Crippen molar-refractivity contribution < 1.29 is 43.1 Å². The SMILES string of the molecule is C[Si](C)(C)O[Si](C)(O[SiH2]C(F)(F)F)C(F)(F)F.FC[Si](CCl)(O[Si](c1ccccc1)(c1ccccc1)c1ccccc1)c1ccccc1. The van der Waals surface area contributed by atoms with E-state index in [-0.39, 0.29) is 5.50 Å². The highest BCUT2D eigenvalue weighted by molar-refractivity contribution is 7.12. The topological polar surface area (TPSA) is 27.7 Å². The molecule has 0 aromatic heterocycles. The van der Waals surface area contributed by atoms with E-state index in [2.05, 4.69) is 40.5 Å². The molecule has 2 unspecified atom stereocenters. The van der Waals surface area contributed by atoms with Gasteiger partial charge in [-0.3, -0.25) is 4.39 Å². The van der Waals surface area contributed by atoms with Crippen LogP contribution in [0.15, 0.2) is 121 Å². The summed E-state index contributed by atoms with van der Waals surface area (Å²) in [7, 11) is -16.9. The van der Waals surface area contributed by atoms with Gasteiger partial charge in [0, 0.05) is 5.50 Å². The molecule has 0 aliphatic heterocycles. The Bertz CT molecular complexity index is 1430. The lowest BCUT2D eigenvalue weighted by molar-refractivity contribution is -0.0873. The first kappa shape index (κ1) is 40.1. The van der Waals surface area contributed by atoms with Gasteiger partial charge in [-0.05, 0) is 46.9 Å². The van der Waals surface area contributed by atoms with Crippen molar-refractivity contribution in [2.75, 3.05) is 11.8 Å². The fourth-order valence-corrected chi connectivity index (χ4v) is 23.3. The van der Waals surface area contributed by atoms with E-state index in [4.69, 9.17) is 19.8 Å². The van der Waals surface area contributed by atoms with Gasteiger partial charge in [-0.1, -0.05) is 121 Å². The van der Waals surface area contributed by atoms with Crippen molar-refractivity contribution in [2.45, 2.75) is 37.8 Å². The van der Waals surface area contributed by atoms with E-state index in [0.717, 1.165) is 20.7 Å². The van der Waals surface area contributed by atoms with Gasteiger partial charge in [0.1, 0.15) is 6.30 Å². The number of alkyl halides is 8. The highest BCUT2D eigenvalue weighted by Gasteiger charge is 2.61. The van der Waals surface area contributed by atoms with Crippen molar-refractivity contribution in [1.29, 1.82) is 0 Å². The van der Waals surface area contributed by atoms with Crippen LogP contribution in [0.4, 0.5) is 30.7 Å². The fourth-order valence-electron chi connectivity index (χ4n) is 5.01. The number of hydrogen-bond donors (Lipinski definition) is 0. The molecule has 260 valence electrons. The Labute approximate surface area is 288 Å². The van der Waals surface area contributed by atoms with E-state index in [1.54, 1.807) is 0 Å². The summed E-state index contributed by atoms with van der Waals surface area (Å²) in [5, 5.41) is 4.13. The van der Waals surface area contributed by atoms with Crippen molar-refractivity contribution in [1.82, 2.24) is 0 Å². The predicted octanol–water partition coefficient (Wildman–Crippen LogP) is 6.44. The molecular weight excluding hydrogens is 741 g/mol. The zero-order valence-corrected chi connectivity index (χ0v) is 33.1. The number of hydrogen-bond acceptors (Lipinski definition) is 3. The number of benzene rings is 4. The molecule has 0 bridgehead atoms. The first-order chi connectivity index (χ1) is 22.4. The lowest BCUT2D eigenvalue weighted by Crippen LogP contribution is -2.76. The van der Waals surface area contributed by atoms with Gasteiger partial charge in [0.05, 0.1) is 0 Å². The van der Waals surface area contributed by atoms with Crippen LogP contribution >= 0.6 is 11.6 Å². The van der Waals surface area contributed by atoms with Crippen molar-refractivity contribution >= 4 is 75.6 Å². The van der Waals surface area contributed by atoms with Crippen LogP contribution in [0.3, 0.4) is 0 Å². The van der Waals surface area contributed by atoms with Crippen molar-refractivity contribution in [3.63, 3.8) is 0 Å². The van der Waals surface area contributed by atoms with Crippen molar-refractivity contribution in [2.24, 2.45) is 0 Å². The second-order valence-electron chi connectivity index (χ2n) is 12.1. The molecule has 0 aliphatic carbocycles. The van der Waals surface area contributed by atoms with Crippen molar-refractivity contribution in [3.05, 3.63) is 121 Å². The predicted molar refractivity (Wildman–Crippen MR) is 191 cm³/mol. The molecule has 0 fully saturated rings. The summed E-state index contributed by atoms with van der Waals surface area (Å²) in [5.74, 6) is -9.52. The smallest absolute Gasteiger partial charge is 0.434 e. The highest BCUT2D eigenvalue weighted by Crippen LogP contribution is 2.34. The van der Waals surface area contributed by atoms with Gasteiger partial charge < -0.3 is 12.3 Å². The van der Waals surface area contributed by atoms with Gasteiger partial charge in [0.15, 0.2) is 8.32 Å². The van der Waals surface area contributed by atoms with Gasteiger partial charge in [-0.2, -0.15) is 26.3 Å². The Balaban J connectivity index is 0.000000315. The molecule has 4 aromatic carbocycles. The Morgan fingerprint density at radius 3 is 1.21 bits per heavy atom. The summed E-state index contributed by atoms with van der Waals surface area (Å²) < 4.78 is 105. The first-order valence-electron chi connectivity index (χ1n) is 14.9. The third-order valence-corrected chi connectivity index (χ3v) is 25.1. The Morgan fingerprint density at radius 2 is 0.938 bits per heavy atom. The zero-order valence-electron chi connectivity index (χ0n) is 26.9. The molecule has 3 nitrogen and oxygen atoms in total.